The summed E-state index contributed by atoms with van der Waals surface area (Å²) in [5.41, 5.74) is 5.91. The summed E-state index contributed by atoms with van der Waals surface area (Å²) in [4.78, 5) is 0. The number of nitrogens with two attached hydrogens (primary N) is 1. The highest BCUT2D eigenvalue weighted by Crippen LogP contribution is 2.22. The van der Waals surface area contributed by atoms with Crippen LogP contribution in [0.5, 0.6) is 0 Å². The normalized spacial score (nSPS) is 18.7. The molecule has 0 radical (unpaired) electrons. The Balaban J connectivity index is 4.01. The van der Waals surface area contributed by atoms with E-state index in [-0.39, 0.29) is 29.8 Å². The number of rotatable bonds is 6. The van der Waals surface area contributed by atoms with Gasteiger partial charge in [-0.2, -0.15) is 0 Å². The Bertz CT molecular complexity index is 133. The lowest BCUT2D eigenvalue weighted by Gasteiger charge is -2.26. The fourth-order valence-electron chi connectivity index (χ4n) is 1.03. The van der Waals surface area contributed by atoms with Crippen LogP contribution in [0.15, 0.2) is 0 Å². The van der Waals surface area contributed by atoms with Crippen molar-refractivity contribution in [2.45, 2.75) is 37.3 Å². The average molecular weight is 207 g/mol. The molecule has 3 unspecified atom stereocenters. The van der Waals surface area contributed by atoms with Crippen LogP contribution in [0.1, 0.15) is 20.8 Å². The molecule has 0 aromatic carbocycles. The average Bonchev–Trinajstić information content (AvgIpc) is 2.12. The third-order valence-electron chi connectivity index (χ3n) is 2.04. The molecule has 0 aliphatic heterocycles. The first-order valence-corrected chi connectivity index (χ1v) is 5.60. The third kappa shape index (κ3) is 4.86. The van der Waals surface area contributed by atoms with Gasteiger partial charge in [-0.05, 0) is 5.92 Å². The van der Waals surface area contributed by atoms with Crippen LogP contribution in [0.2, 0.25) is 0 Å². The van der Waals surface area contributed by atoms with Gasteiger partial charge in [0.15, 0.2) is 0 Å². The van der Waals surface area contributed by atoms with E-state index in [9.17, 15) is 0 Å². The van der Waals surface area contributed by atoms with Crippen LogP contribution < -0.4 is 5.73 Å². The maximum Gasteiger partial charge on any atom is 0.0565 e. The molecule has 3 nitrogen and oxygen atoms in total. The molecule has 0 saturated carbocycles. The van der Waals surface area contributed by atoms with Crippen LogP contribution in [0.25, 0.3) is 0 Å². The summed E-state index contributed by atoms with van der Waals surface area (Å²) in [6.45, 7) is 6.22. The first-order valence-electron chi connectivity index (χ1n) is 4.65. The van der Waals surface area contributed by atoms with Gasteiger partial charge in [0.2, 0.25) is 0 Å². The zero-order valence-corrected chi connectivity index (χ0v) is 9.42. The highest BCUT2D eigenvalue weighted by molar-refractivity contribution is 8.00. The van der Waals surface area contributed by atoms with Crippen molar-refractivity contribution in [1.29, 1.82) is 0 Å². The molecular weight excluding hydrogens is 186 g/mol. The quantitative estimate of drug-likeness (QED) is 0.591. The van der Waals surface area contributed by atoms with Gasteiger partial charge in [-0.15, -0.1) is 11.8 Å². The van der Waals surface area contributed by atoms with Crippen molar-refractivity contribution in [2.75, 3.05) is 13.2 Å². The van der Waals surface area contributed by atoms with Crippen molar-refractivity contribution in [2.24, 2.45) is 11.7 Å². The predicted molar refractivity (Wildman–Crippen MR) is 57.8 cm³/mol. The smallest absolute Gasteiger partial charge is 0.0565 e. The van der Waals surface area contributed by atoms with Crippen LogP contribution in [0.3, 0.4) is 0 Å². The van der Waals surface area contributed by atoms with Crippen LogP contribution in [-0.2, 0) is 0 Å². The molecule has 0 bridgehead atoms. The second kappa shape index (κ2) is 6.65. The van der Waals surface area contributed by atoms with Gasteiger partial charge in [-0.3, -0.25) is 0 Å². The molecular formula is C9H21NO2S. The van der Waals surface area contributed by atoms with E-state index in [1.54, 1.807) is 11.8 Å². The summed E-state index contributed by atoms with van der Waals surface area (Å²) in [6.07, 6.45) is 0. The lowest BCUT2D eigenvalue weighted by molar-refractivity contribution is 0.266. The number of aliphatic hydroxyl groups is 2. The van der Waals surface area contributed by atoms with Crippen molar-refractivity contribution in [3.05, 3.63) is 0 Å². The Kier molecular flexibility index (Phi) is 6.77. The van der Waals surface area contributed by atoms with Gasteiger partial charge in [0.05, 0.1) is 13.2 Å². The van der Waals surface area contributed by atoms with Crippen molar-refractivity contribution in [1.82, 2.24) is 0 Å². The van der Waals surface area contributed by atoms with Gasteiger partial charge in [-0.1, -0.05) is 20.8 Å². The van der Waals surface area contributed by atoms with Gasteiger partial charge in [0, 0.05) is 16.5 Å². The number of hydrogen-bond donors (Lipinski definition) is 3. The summed E-state index contributed by atoms with van der Waals surface area (Å²) in [5.74, 6) is 0.357. The van der Waals surface area contributed by atoms with E-state index in [1.807, 2.05) is 20.8 Å². The van der Waals surface area contributed by atoms with Gasteiger partial charge >= 0.3 is 0 Å². The van der Waals surface area contributed by atoms with Gasteiger partial charge in [0.1, 0.15) is 0 Å². The Hall–Kier alpha value is 0.230. The molecule has 0 saturated heterocycles. The molecule has 3 atom stereocenters. The monoisotopic (exact) mass is 207 g/mol. The minimum atomic E-state index is -0.0102. The lowest BCUT2D eigenvalue weighted by atomic mass is 10.0. The second-order valence-electron chi connectivity index (χ2n) is 3.67. The first-order chi connectivity index (χ1) is 6.02. The molecule has 0 aliphatic carbocycles. The number of hydrogen-bond acceptors (Lipinski definition) is 4. The lowest BCUT2D eigenvalue weighted by Crippen LogP contribution is -2.40. The highest BCUT2D eigenvalue weighted by atomic mass is 32.2. The molecule has 0 fully saturated rings. The molecule has 0 aromatic heterocycles. The fourth-order valence-corrected chi connectivity index (χ4v) is 2.29. The van der Waals surface area contributed by atoms with Crippen LogP contribution in [0, 0.1) is 5.92 Å². The molecule has 4 N–H and O–H groups in total. The Morgan fingerprint density at radius 3 is 2.00 bits per heavy atom. The van der Waals surface area contributed by atoms with Crippen molar-refractivity contribution in [3.63, 3.8) is 0 Å². The minimum absolute atomic E-state index is 0.0102. The first kappa shape index (κ1) is 13.2. The number of aliphatic hydroxyl groups excluding tert-OH is 2. The number of thioether (sulfide) groups is 1. The molecule has 4 heteroatoms. The Morgan fingerprint density at radius 1 is 1.15 bits per heavy atom. The van der Waals surface area contributed by atoms with Crippen LogP contribution in [-0.4, -0.2) is 40.0 Å². The van der Waals surface area contributed by atoms with Gasteiger partial charge in [-0.25, -0.2) is 0 Å². The van der Waals surface area contributed by atoms with E-state index in [0.717, 1.165) is 0 Å². The molecule has 0 spiro atoms. The molecule has 80 valence electrons. The molecule has 0 heterocycles. The van der Waals surface area contributed by atoms with Gasteiger partial charge < -0.3 is 15.9 Å². The van der Waals surface area contributed by atoms with Crippen LogP contribution >= 0.6 is 11.8 Å². The SMILES string of the molecule is CC(CO)SC(CO)C(N)C(C)C. The van der Waals surface area contributed by atoms with Crippen LogP contribution in [0.4, 0.5) is 0 Å². The van der Waals surface area contributed by atoms with E-state index in [4.69, 9.17) is 15.9 Å². The third-order valence-corrected chi connectivity index (χ3v) is 3.47. The van der Waals surface area contributed by atoms with Crippen molar-refractivity contribution < 1.29 is 10.2 Å². The maximum atomic E-state index is 9.11. The standard InChI is InChI=1S/C9H21NO2S/c1-6(2)9(10)8(5-12)13-7(3)4-11/h6-9,11-12H,4-5,10H2,1-3H3. The van der Waals surface area contributed by atoms with E-state index >= 15 is 0 Å². The van der Waals surface area contributed by atoms with Crippen molar-refractivity contribution in [3.8, 4) is 0 Å². The molecule has 13 heavy (non-hydrogen) atoms. The summed E-state index contributed by atoms with van der Waals surface area (Å²) in [5, 5.41) is 18.1. The Labute approximate surface area is 84.7 Å². The second-order valence-corrected chi connectivity index (χ2v) is 5.35. The maximum absolute atomic E-state index is 9.11. The van der Waals surface area contributed by atoms with E-state index in [2.05, 4.69) is 0 Å². The van der Waals surface area contributed by atoms with E-state index in [1.165, 1.54) is 0 Å². The molecule has 0 aliphatic rings. The minimum Gasteiger partial charge on any atom is -0.395 e. The largest absolute Gasteiger partial charge is 0.395 e. The zero-order chi connectivity index (χ0) is 10.4. The summed E-state index contributed by atoms with van der Waals surface area (Å²) < 4.78 is 0. The summed E-state index contributed by atoms with van der Waals surface area (Å²) >= 11 is 1.56. The van der Waals surface area contributed by atoms with E-state index in [0.29, 0.717) is 5.92 Å². The fraction of sp³-hybridized carbons (Fsp3) is 1.00. The summed E-state index contributed by atoms with van der Waals surface area (Å²) in [7, 11) is 0. The summed E-state index contributed by atoms with van der Waals surface area (Å²) in [6, 6.07) is -0.0102. The predicted octanol–water partition coefficient (Wildman–Crippen LogP) is 0.445. The zero-order valence-electron chi connectivity index (χ0n) is 8.60. The van der Waals surface area contributed by atoms with E-state index < -0.39 is 0 Å². The highest BCUT2D eigenvalue weighted by Gasteiger charge is 2.22. The molecule has 0 rings (SSSR count). The van der Waals surface area contributed by atoms with Crippen molar-refractivity contribution >= 4 is 11.8 Å². The van der Waals surface area contributed by atoms with Gasteiger partial charge in [0.25, 0.3) is 0 Å². The Morgan fingerprint density at radius 2 is 1.69 bits per heavy atom. The molecule has 0 aromatic rings. The molecule has 0 amide bonds. The topological polar surface area (TPSA) is 66.5 Å².